The second-order valence-corrected chi connectivity index (χ2v) is 4.37. The summed E-state index contributed by atoms with van der Waals surface area (Å²) >= 11 is 0. The van der Waals surface area contributed by atoms with E-state index in [4.69, 9.17) is 0 Å². The number of benzene rings is 2. The number of aromatic amines is 1. The monoisotopic (exact) mass is 251 g/mol. The van der Waals surface area contributed by atoms with Gasteiger partial charge in [0.2, 0.25) is 0 Å². The maximum Gasteiger partial charge on any atom is 0.291 e. The van der Waals surface area contributed by atoms with E-state index >= 15 is 0 Å². The first kappa shape index (κ1) is 11.5. The van der Waals surface area contributed by atoms with Crippen LogP contribution in [-0.4, -0.2) is 9.97 Å². The number of aromatic nitrogens is 2. The van der Waals surface area contributed by atoms with Crippen LogP contribution >= 0.6 is 0 Å². The van der Waals surface area contributed by atoms with E-state index in [1.165, 1.54) is 0 Å². The molecule has 0 spiro atoms. The molecule has 2 aromatic carbocycles. The Morgan fingerprint density at radius 2 is 1.79 bits per heavy atom. The van der Waals surface area contributed by atoms with Crippen LogP contribution in [0, 0.1) is 6.92 Å². The highest BCUT2D eigenvalue weighted by atomic mass is 16.1. The SMILES string of the molecule is Cc1ccccc1Nc1nc2ccccc2[nH]c1=O. The van der Waals surface area contributed by atoms with Gasteiger partial charge >= 0.3 is 0 Å². The molecule has 1 heterocycles. The van der Waals surface area contributed by atoms with E-state index in [1.807, 2.05) is 55.5 Å². The molecule has 0 fully saturated rings. The molecule has 0 aliphatic rings. The number of nitrogens with one attached hydrogen (secondary N) is 2. The summed E-state index contributed by atoms with van der Waals surface area (Å²) in [4.78, 5) is 19.1. The Kier molecular flexibility index (Phi) is 2.76. The minimum absolute atomic E-state index is 0.220. The zero-order valence-corrected chi connectivity index (χ0v) is 10.5. The second-order valence-electron chi connectivity index (χ2n) is 4.37. The molecule has 3 rings (SSSR count). The van der Waals surface area contributed by atoms with Gasteiger partial charge in [-0.25, -0.2) is 4.98 Å². The van der Waals surface area contributed by atoms with E-state index in [0.717, 1.165) is 22.3 Å². The third-order valence-corrected chi connectivity index (χ3v) is 3.00. The van der Waals surface area contributed by atoms with Crippen LogP contribution in [0.15, 0.2) is 53.3 Å². The third kappa shape index (κ3) is 2.20. The van der Waals surface area contributed by atoms with Gasteiger partial charge in [-0.05, 0) is 30.7 Å². The van der Waals surface area contributed by atoms with Crippen molar-refractivity contribution in [2.75, 3.05) is 5.32 Å². The lowest BCUT2D eigenvalue weighted by molar-refractivity contribution is 1.21. The molecule has 0 unspecified atom stereocenters. The number of aryl methyl sites for hydroxylation is 1. The Balaban J connectivity index is 2.08. The van der Waals surface area contributed by atoms with Gasteiger partial charge < -0.3 is 10.3 Å². The van der Waals surface area contributed by atoms with Crippen LogP contribution in [0.3, 0.4) is 0 Å². The summed E-state index contributed by atoms with van der Waals surface area (Å²) < 4.78 is 0. The molecular weight excluding hydrogens is 238 g/mol. The van der Waals surface area contributed by atoms with Gasteiger partial charge in [-0.2, -0.15) is 0 Å². The van der Waals surface area contributed by atoms with Crippen LogP contribution in [0.1, 0.15) is 5.56 Å². The largest absolute Gasteiger partial charge is 0.335 e. The van der Waals surface area contributed by atoms with Crippen molar-refractivity contribution < 1.29 is 0 Å². The van der Waals surface area contributed by atoms with Crippen LogP contribution in [-0.2, 0) is 0 Å². The fourth-order valence-electron chi connectivity index (χ4n) is 1.96. The number of fused-ring (bicyclic) bond motifs is 1. The van der Waals surface area contributed by atoms with Crippen molar-refractivity contribution in [3.05, 3.63) is 64.4 Å². The number of hydrogen-bond acceptors (Lipinski definition) is 3. The molecule has 0 bridgehead atoms. The fourth-order valence-corrected chi connectivity index (χ4v) is 1.96. The highest BCUT2D eigenvalue weighted by molar-refractivity contribution is 5.76. The first-order valence-electron chi connectivity index (χ1n) is 6.06. The molecule has 0 atom stereocenters. The number of nitrogens with zero attached hydrogens (tertiary/aromatic N) is 1. The molecule has 1 aromatic heterocycles. The standard InChI is InChI=1S/C15H13N3O/c1-10-6-2-3-7-11(10)16-14-15(19)18-13-9-5-4-8-12(13)17-14/h2-9H,1H3,(H,16,17)(H,18,19). The Hall–Kier alpha value is -2.62. The summed E-state index contributed by atoms with van der Waals surface area (Å²) in [5.74, 6) is 0.313. The lowest BCUT2D eigenvalue weighted by atomic mass is 10.2. The van der Waals surface area contributed by atoms with Crippen molar-refractivity contribution in [3.63, 3.8) is 0 Å². The molecule has 0 amide bonds. The average Bonchev–Trinajstić information content (AvgIpc) is 2.42. The van der Waals surface area contributed by atoms with E-state index in [-0.39, 0.29) is 5.56 Å². The molecule has 0 saturated heterocycles. The highest BCUT2D eigenvalue weighted by Gasteiger charge is 2.05. The van der Waals surface area contributed by atoms with E-state index < -0.39 is 0 Å². The summed E-state index contributed by atoms with van der Waals surface area (Å²) in [6, 6.07) is 15.3. The normalized spacial score (nSPS) is 10.6. The molecule has 0 radical (unpaired) electrons. The van der Waals surface area contributed by atoms with E-state index in [9.17, 15) is 4.79 Å². The van der Waals surface area contributed by atoms with E-state index in [0.29, 0.717) is 5.82 Å². The van der Waals surface area contributed by atoms with Gasteiger partial charge in [0.05, 0.1) is 11.0 Å². The van der Waals surface area contributed by atoms with Crippen LogP contribution < -0.4 is 10.9 Å². The molecule has 3 aromatic rings. The summed E-state index contributed by atoms with van der Waals surface area (Å²) in [5, 5.41) is 3.08. The first-order valence-corrected chi connectivity index (χ1v) is 6.06. The van der Waals surface area contributed by atoms with E-state index in [1.54, 1.807) is 0 Å². The van der Waals surface area contributed by atoms with Crippen LogP contribution in [0.25, 0.3) is 11.0 Å². The van der Waals surface area contributed by atoms with Crippen molar-refractivity contribution in [1.29, 1.82) is 0 Å². The predicted molar refractivity (Wildman–Crippen MR) is 76.8 cm³/mol. The van der Waals surface area contributed by atoms with Gasteiger partial charge in [0.15, 0.2) is 5.82 Å². The quantitative estimate of drug-likeness (QED) is 0.736. The number of anilines is 2. The molecule has 0 aliphatic heterocycles. The van der Waals surface area contributed by atoms with Crippen LogP contribution in [0.4, 0.5) is 11.5 Å². The Bertz CT molecular complexity index is 792. The third-order valence-electron chi connectivity index (χ3n) is 3.00. The molecule has 94 valence electrons. The highest BCUT2D eigenvalue weighted by Crippen LogP contribution is 2.17. The van der Waals surface area contributed by atoms with Crippen LogP contribution in [0.2, 0.25) is 0 Å². The lowest BCUT2D eigenvalue weighted by Crippen LogP contribution is -2.14. The summed E-state index contributed by atoms with van der Waals surface area (Å²) in [6.07, 6.45) is 0. The molecule has 0 saturated carbocycles. The second kappa shape index (κ2) is 4.57. The maximum absolute atomic E-state index is 12.0. The van der Waals surface area contributed by atoms with Crippen molar-refractivity contribution >= 4 is 22.5 Å². The number of para-hydroxylation sites is 3. The van der Waals surface area contributed by atoms with Crippen molar-refractivity contribution in [2.24, 2.45) is 0 Å². The Morgan fingerprint density at radius 1 is 1.05 bits per heavy atom. The topological polar surface area (TPSA) is 57.8 Å². The Morgan fingerprint density at radius 3 is 2.63 bits per heavy atom. The first-order chi connectivity index (χ1) is 9.24. The van der Waals surface area contributed by atoms with Gasteiger partial charge in [-0.15, -0.1) is 0 Å². The predicted octanol–water partition coefficient (Wildman–Crippen LogP) is 2.98. The van der Waals surface area contributed by atoms with Gasteiger partial charge in [0.1, 0.15) is 0 Å². The van der Waals surface area contributed by atoms with Crippen molar-refractivity contribution in [1.82, 2.24) is 9.97 Å². The van der Waals surface area contributed by atoms with Crippen LogP contribution in [0.5, 0.6) is 0 Å². The molecule has 4 heteroatoms. The lowest BCUT2D eigenvalue weighted by Gasteiger charge is -2.08. The zero-order chi connectivity index (χ0) is 13.2. The molecular formula is C15H13N3O. The molecule has 2 N–H and O–H groups in total. The van der Waals surface area contributed by atoms with Gasteiger partial charge in [0.25, 0.3) is 5.56 Å². The fraction of sp³-hybridized carbons (Fsp3) is 0.0667. The van der Waals surface area contributed by atoms with E-state index in [2.05, 4.69) is 15.3 Å². The van der Waals surface area contributed by atoms with Gasteiger partial charge in [-0.3, -0.25) is 4.79 Å². The smallest absolute Gasteiger partial charge is 0.291 e. The Labute approximate surface area is 110 Å². The van der Waals surface area contributed by atoms with Gasteiger partial charge in [0, 0.05) is 5.69 Å². The van der Waals surface area contributed by atoms with Crippen molar-refractivity contribution in [3.8, 4) is 0 Å². The van der Waals surface area contributed by atoms with Crippen molar-refractivity contribution in [2.45, 2.75) is 6.92 Å². The minimum Gasteiger partial charge on any atom is -0.335 e. The molecule has 19 heavy (non-hydrogen) atoms. The summed E-state index contributed by atoms with van der Waals surface area (Å²) in [7, 11) is 0. The minimum atomic E-state index is -0.220. The summed E-state index contributed by atoms with van der Waals surface area (Å²) in [6.45, 7) is 1.98. The molecule has 4 nitrogen and oxygen atoms in total. The number of hydrogen-bond donors (Lipinski definition) is 2. The average molecular weight is 251 g/mol. The number of rotatable bonds is 2. The van der Waals surface area contributed by atoms with Gasteiger partial charge in [-0.1, -0.05) is 30.3 Å². The summed E-state index contributed by atoms with van der Waals surface area (Å²) in [5.41, 5.74) is 3.23. The number of H-pyrrole nitrogens is 1. The molecule has 0 aliphatic carbocycles. The zero-order valence-electron chi connectivity index (χ0n) is 10.5. The maximum atomic E-state index is 12.0.